The maximum atomic E-state index is 12.1. The lowest BCUT2D eigenvalue weighted by Crippen LogP contribution is -2.43. The zero-order chi connectivity index (χ0) is 16.1. The third-order valence-corrected chi connectivity index (χ3v) is 4.26. The Balaban J connectivity index is 2.37. The van der Waals surface area contributed by atoms with Gasteiger partial charge in [0, 0.05) is 18.6 Å². The Morgan fingerprint density at radius 1 is 1.29 bits per heavy atom. The van der Waals surface area contributed by atoms with Crippen molar-refractivity contribution in [2.75, 3.05) is 20.1 Å². The molecule has 1 aliphatic rings. The first kappa shape index (κ1) is 18.3. The summed E-state index contributed by atoms with van der Waals surface area (Å²) >= 11 is 0. The zero-order valence-corrected chi connectivity index (χ0v) is 14.8. The molecule has 21 heavy (non-hydrogen) atoms. The van der Waals surface area contributed by atoms with Gasteiger partial charge in [-0.25, -0.2) is 4.79 Å². The molecule has 1 saturated heterocycles. The minimum Gasteiger partial charge on any atom is -0.444 e. The number of likely N-dealkylation sites (tertiary alicyclic amines) is 1. The monoisotopic (exact) mass is 298 g/mol. The molecule has 0 aliphatic carbocycles. The standard InChI is InChI=1S/C17H34N2O2/c1-16(2,3)21-15(20)19-12-8-10-14(13-19)9-7-11-17(4,5)18-6/h14,18H,7-13H2,1-6H3. The molecule has 1 unspecified atom stereocenters. The van der Waals surface area contributed by atoms with Crippen molar-refractivity contribution in [1.82, 2.24) is 10.2 Å². The molecule has 1 fully saturated rings. The third-order valence-electron chi connectivity index (χ3n) is 4.26. The molecule has 1 N–H and O–H groups in total. The summed E-state index contributed by atoms with van der Waals surface area (Å²) in [6.07, 6.45) is 5.76. The highest BCUT2D eigenvalue weighted by Gasteiger charge is 2.27. The number of ether oxygens (including phenoxy) is 1. The molecule has 0 radical (unpaired) electrons. The maximum absolute atomic E-state index is 12.1. The first-order chi connectivity index (χ1) is 9.63. The topological polar surface area (TPSA) is 41.6 Å². The van der Waals surface area contributed by atoms with Crippen LogP contribution in [0.2, 0.25) is 0 Å². The third kappa shape index (κ3) is 7.16. The molecule has 0 aromatic carbocycles. The van der Waals surface area contributed by atoms with Gasteiger partial charge in [-0.05, 0) is 73.3 Å². The summed E-state index contributed by atoms with van der Waals surface area (Å²) in [6, 6.07) is 0. The lowest BCUT2D eigenvalue weighted by atomic mass is 9.89. The molecule has 4 heteroatoms. The molecule has 0 aromatic heterocycles. The Hall–Kier alpha value is -0.770. The van der Waals surface area contributed by atoms with Crippen LogP contribution in [-0.4, -0.2) is 42.3 Å². The van der Waals surface area contributed by atoms with Crippen LogP contribution in [0.5, 0.6) is 0 Å². The van der Waals surface area contributed by atoms with Gasteiger partial charge in [-0.1, -0.05) is 6.42 Å². The van der Waals surface area contributed by atoms with E-state index in [-0.39, 0.29) is 11.6 Å². The van der Waals surface area contributed by atoms with Gasteiger partial charge in [-0.3, -0.25) is 0 Å². The van der Waals surface area contributed by atoms with Gasteiger partial charge in [0.05, 0.1) is 0 Å². The Kier molecular flexibility index (Phi) is 6.51. The Bertz CT molecular complexity index is 334. The van der Waals surface area contributed by atoms with Crippen molar-refractivity contribution >= 4 is 6.09 Å². The summed E-state index contributed by atoms with van der Waals surface area (Å²) in [5.74, 6) is 0.624. The van der Waals surface area contributed by atoms with E-state index < -0.39 is 5.60 Å². The van der Waals surface area contributed by atoms with Crippen LogP contribution in [-0.2, 0) is 4.74 Å². The largest absolute Gasteiger partial charge is 0.444 e. The first-order valence-electron chi connectivity index (χ1n) is 8.30. The van der Waals surface area contributed by atoms with E-state index in [0.29, 0.717) is 5.92 Å². The van der Waals surface area contributed by atoms with E-state index in [1.165, 1.54) is 25.7 Å². The van der Waals surface area contributed by atoms with Crippen LogP contribution in [0.15, 0.2) is 0 Å². The van der Waals surface area contributed by atoms with E-state index in [1.54, 1.807) is 0 Å². The molecule has 4 nitrogen and oxygen atoms in total. The van der Waals surface area contributed by atoms with Gasteiger partial charge in [0.15, 0.2) is 0 Å². The fourth-order valence-corrected chi connectivity index (χ4v) is 2.75. The van der Waals surface area contributed by atoms with E-state index >= 15 is 0 Å². The quantitative estimate of drug-likeness (QED) is 0.839. The SMILES string of the molecule is CNC(C)(C)CCCC1CCCN(C(=O)OC(C)(C)C)C1. The summed E-state index contributed by atoms with van der Waals surface area (Å²) in [6.45, 7) is 11.9. The lowest BCUT2D eigenvalue weighted by Gasteiger charge is -2.34. The molecular formula is C17H34N2O2. The lowest BCUT2D eigenvalue weighted by molar-refractivity contribution is 0.0159. The van der Waals surface area contributed by atoms with Crippen LogP contribution in [0.25, 0.3) is 0 Å². The van der Waals surface area contributed by atoms with Gasteiger partial charge in [-0.15, -0.1) is 0 Å². The highest BCUT2D eigenvalue weighted by Crippen LogP contribution is 2.24. The number of carbonyl (C=O) groups excluding carboxylic acids is 1. The van der Waals surface area contributed by atoms with Gasteiger partial charge in [0.2, 0.25) is 0 Å². The minimum atomic E-state index is -0.402. The van der Waals surface area contributed by atoms with Crippen LogP contribution in [0.3, 0.4) is 0 Å². The molecule has 1 aliphatic heterocycles. The van der Waals surface area contributed by atoms with E-state index in [0.717, 1.165) is 19.5 Å². The maximum Gasteiger partial charge on any atom is 0.410 e. The summed E-state index contributed by atoms with van der Waals surface area (Å²) in [5, 5.41) is 3.35. The number of nitrogens with zero attached hydrogens (tertiary/aromatic N) is 1. The van der Waals surface area contributed by atoms with Crippen LogP contribution < -0.4 is 5.32 Å². The zero-order valence-electron chi connectivity index (χ0n) is 14.8. The Labute approximate surface area is 130 Å². The van der Waals surface area contributed by atoms with Gasteiger partial charge < -0.3 is 15.0 Å². The molecule has 0 saturated carbocycles. The fraction of sp³-hybridized carbons (Fsp3) is 0.941. The van der Waals surface area contributed by atoms with Crippen LogP contribution in [0.4, 0.5) is 4.79 Å². The molecule has 0 aromatic rings. The molecule has 1 rings (SSSR count). The second-order valence-corrected chi connectivity index (χ2v) is 7.96. The van der Waals surface area contributed by atoms with E-state index in [1.807, 2.05) is 32.7 Å². The smallest absolute Gasteiger partial charge is 0.410 e. The van der Waals surface area contributed by atoms with Crippen molar-refractivity contribution in [2.45, 2.75) is 77.9 Å². The number of piperidine rings is 1. The van der Waals surface area contributed by atoms with Crippen LogP contribution in [0.1, 0.15) is 66.7 Å². The molecular weight excluding hydrogens is 264 g/mol. The Morgan fingerprint density at radius 2 is 1.95 bits per heavy atom. The number of hydrogen-bond acceptors (Lipinski definition) is 3. The number of amides is 1. The Morgan fingerprint density at radius 3 is 2.52 bits per heavy atom. The van der Waals surface area contributed by atoms with Crippen molar-refractivity contribution in [3.8, 4) is 0 Å². The predicted molar refractivity (Wildman–Crippen MR) is 87.5 cm³/mol. The van der Waals surface area contributed by atoms with E-state index in [2.05, 4.69) is 19.2 Å². The number of nitrogens with one attached hydrogen (secondary N) is 1. The molecule has 1 heterocycles. The van der Waals surface area contributed by atoms with Crippen molar-refractivity contribution in [3.63, 3.8) is 0 Å². The van der Waals surface area contributed by atoms with Gasteiger partial charge >= 0.3 is 6.09 Å². The van der Waals surface area contributed by atoms with Gasteiger partial charge in [0.1, 0.15) is 5.60 Å². The van der Waals surface area contributed by atoms with Crippen LogP contribution >= 0.6 is 0 Å². The first-order valence-corrected chi connectivity index (χ1v) is 8.30. The average molecular weight is 298 g/mol. The van der Waals surface area contributed by atoms with Crippen molar-refractivity contribution in [2.24, 2.45) is 5.92 Å². The molecule has 1 atom stereocenters. The highest BCUT2D eigenvalue weighted by molar-refractivity contribution is 5.68. The van der Waals surface area contributed by atoms with E-state index in [4.69, 9.17) is 4.74 Å². The van der Waals surface area contributed by atoms with Crippen molar-refractivity contribution in [1.29, 1.82) is 0 Å². The van der Waals surface area contributed by atoms with Crippen molar-refractivity contribution in [3.05, 3.63) is 0 Å². The minimum absolute atomic E-state index is 0.150. The summed E-state index contributed by atoms with van der Waals surface area (Å²) in [5.41, 5.74) is -0.194. The van der Waals surface area contributed by atoms with Crippen molar-refractivity contribution < 1.29 is 9.53 Å². The number of rotatable bonds is 5. The summed E-state index contributed by atoms with van der Waals surface area (Å²) < 4.78 is 5.48. The average Bonchev–Trinajstić information content (AvgIpc) is 2.37. The van der Waals surface area contributed by atoms with Gasteiger partial charge in [0.25, 0.3) is 0 Å². The number of hydrogen-bond donors (Lipinski definition) is 1. The predicted octanol–water partition coefficient (Wildman–Crippen LogP) is 3.80. The van der Waals surface area contributed by atoms with Gasteiger partial charge in [-0.2, -0.15) is 0 Å². The summed E-state index contributed by atoms with van der Waals surface area (Å²) in [7, 11) is 2.02. The number of carbonyl (C=O) groups is 1. The van der Waals surface area contributed by atoms with Crippen LogP contribution in [0, 0.1) is 5.92 Å². The van der Waals surface area contributed by atoms with E-state index in [9.17, 15) is 4.79 Å². The molecule has 124 valence electrons. The molecule has 0 bridgehead atoms. The second-order valence-electron chi connectivity index (χ2n) is 7.96. The normalized spacial score (nSPS) is 20.5. The molecule has 0 spiro atoms. The summed E-state index contributed by atoms with van der Waals surface area (Å²) in [4.78, 5) is 14.0. The fourth-order valence-electron chi connectivity index (χ4n) is 2.75. The molecule has 1 amide bonds. The second kappa shape index (κ2) is 7.48. The highest BCUT2D eigenvalue weighted by atomic mass is 16.6.